The van der Waals surface area contributed by atoms with Crippen molar-refractivity contribution >= 4 is 0 Å². The molecule has 4 heteroatoms. The molecule has 0 spiro atoms. The lowest BCUT2D eigenvalue weighted by Crippen LogP contribution is -2.45. The smallest absolute Gasteiger partial charge is 0.119 e. The van der Waals surface area contributed by atoms with E-state index in [1.54, 1.807) is 0 Å². The Morgan fingerprint density at radius 1 is 1.24 bits per heavy atom. The average molecular weight is 293 g/mol. The normalized spacial score (nSPS) is 24.8. The lowest BCUT2D eigenvalue weighted by molar-refractivity contribution is -0.0702. The van der Waals surface area contributed by atoms with Crippen molar-refractivity contribution < 1.29 is 14.6 Å². The van der Waals surface area contributed by atoms with Gasteiger partial charge >= 0.3 is 0 Å². The van der Waals surface area contributed by atoms with Crippen LogP contribution in [0.3, 0.4) is 0 Å². The van der Waals surface area contributed by atoms with E-state index in [9.17, 15) is 5.11 Å². The summed E-state index contributed by atoms with van der Waals surface area (Å²) in [5.74, 6) is 0.851. The van der Waals surface area contributed by atoms with Crippen molar-refractivity contribution in [2.24, 2.45) is 0 Å². The van der Waals surface area contributed by atoms with Crippen molar-refractivity contribution in [1.29, 1.82) is 0 Å². The van der Waals surface area contributed by atoms with Gasteiger partial charge in [-0.25, -0.2) is 0 Å². The van der Waals surface area contributed by atoms with Crippen LogP contribution in [0.15, 0.2) is 24.3 Å². The van der Waals surface area contributed by atoms with Crippen molar-refractivity contribution in [2.75, 3.05) is 26.2 Å². The quantitative estimate of drug-likeness (QED) is 0.875. The number of ether oxygens (including phenoxy) is 2. The van der Waals surface area contributed by atoms with Gasteiger partial charge in [0, 0.05) is 19.6 Å². The predicted octanol–water partition coefficient (Wildman–Crippen LogP) is 2.62. The monoisotopic (exact) mass is 293 g/mol. The summed E-state index contributed by atoms with van der Waals surface area (Å²) in [6.45, 7) is 9.62. The van der Waals surface area contributed by atoms with Crippen LogP contribution in [0.1, 0.15) is 38.9 Å². The van der Waals surface area contributed by atoms with Crippen molar-refractivity contribution in [3.63, 3.8) is 0 Å². The van der Waals surface area contributed by atoms with Crippen LogP contribution >= 0.6 is 0 Å². The molecule has 0 amide bonds. The van der Waals surface area contributed by atoms with Crippen molar-refractivity contribution in [2.45, 2.75) is 45.5 Å². The fraction of sp³-hybridized carbons (Fsp3) is 0.647. The molecule has 0 bridgehead atoms. The van der Waals surface area contributed by atoms with Crippen LogP contribution in [0.2, 0.25) is 0 Å². The molecule has 1 aliphatic heterocycles. The molecule has 0 saturated carbocycles. The van der Waals surface area contributed by atoms with Gasteiger partial charge in [-0.2, -0.15) is 0 Å². The van der Waals surface area contributed by atoms with Crippen LogP contribution in [0, 0.1) is 0 Å². The van der Waals surface area contributed by atoms with Crippen molar-refractivity contribution in [3.05, 3.63) is 29.8 Å². The molecule has 1 aromatic carbocycles. The first-order valence-electron chi connectivity index (χ1n) is 7.87. The highest BCUT2D eigenvalue weighted by Crippen LogP contribution is 2.21. The van der Waals surface area contributed by atoms with Gasteiger partial charge in [0.05, 0.1) is 24.9 Å². The number of aliphatic hydroxyl groups is 1. The largest absolute Gasteiger partial charge is 0.494 e. The molecule has 0 radical (unpaired) electrons. The fourth-order valence-corrected chi connectivity index (χ4v) is 2.89. The van der Waals surface area contributed by atoms with Gasteiger partial charge < -0.3 is 14.6 Å². The summed E-state index contributed by atoms with van der Waals surface area (Å²) in [4.78, 5) is 2.37. The molecule has 1 N–H and O–H groups in total. The van der Waals surface area contributed by atoms with Crippen molar-refractivity contribution in [3.8, 4) is 5.75 Å². The Bertz CT molecular complexity index is 411. The second kappa shape index (κ2) is 7.78. The summed E-state index contributed by atoms with van der Waals surface area (Å²) in [6, 6.07) is 7.72. The van der Waals surface area contributed by atoms with E-state index in [4.69, 9.17) is 9.47 Å². The SMILES string of the molecule is CCOc1ccc(C(O)CCN2CC(C)OC(C)C2)cc1. The molecule has 4 nitrogen and oxygen atoms in total. The summed E-state index contributed by atoms with van der Waals surface area (Å²) in [5, 5.41) is 10.3. The number of benzene rings is 1. The first kappa shape index (κ1) is 16.3. The standard InChI is InChI=1S/C17H27NO3/c1-4-20-16-7-5-15(6-8-16)17(19)9-10-18-11-13(2)21-14(3)12-18/h5-8,13-14,17,19H,4,9-12H2,1-3H3. The van der Waals surface area contributed by atoms with Crippen LogP contribution in [0.5, 0.6) is 5.75 Å². The maximum Gasteiger partial charge on any atom is 0.119 e. The van der Waals surface area contributed by atoms with E-state index in [2.05, 4.69) is 18.7 Å². The van der Waals surface area contributed by atoms with E-state index in [1.807, 2.05) is 31.2 Å². The van der Waals surface area contributed by atoms with E-state index >= 15 is 0 Å². The van der Waals surface area contributed by atoms with E-state index < -0.39 is 6.10 Å². The van der Waals surface area contributed by atoms with E-state index in [-0.39, 0.29) is 12.2 Å². The third-order valence-electron chi connectivity index (χ3n) is 3.79. The number of nitrogens with zero attached hydrogens (tertiary/aromatic N) is 1. The average Bonchev–Trinajstić information content (AvgIpc) is 2.45. The molecule has 1 heterocycles. The number of aliphatic hydroxyl groups excluding tert-OH is 1. The lowest BCUT2D eigenvalue weighted by Gasteiger charge is -2.35. The highest BCUT2D eigenvalue weighted by Gasteiger charge is 2.22. The zero-order valence-corrected chi connectivity index (χ0v) is 13.3. The molecule has 1 saturated heterocycles. The summed E-state index contributed by atoms with van der Waals surface area (Å²) in [6.07, 6.45) is 0.870. The molecule has 118 valence electrons. The van der Waals surface area contributed by atoms with E-state index in [1.165, 1.54) is 0 Å². The number of rotatable bonds is 6. The minimum atomic E-state index is -0.422. The van der Waals surface area contributed by atoms with Crippen LogP contribution in [-0.4, -0.2) is 48.5 Å². The third kappa shape index (κ3) is 4.99. The van der Waals surface area contributed by atoms with Crippen LogP contribution in [-0.2, 0) is 4.74 Å². The number of morpholine rings is 1. The van der Waals surface area contributed by atoms with Gasteiger partial charge in [-0.05, 0) is 44.9 Å². The molecule has 0 aromatic heterocycles. The molecule has 21 heavy (non-hydrogen) atoms. The van der Waals surface area contributed by atoms with Gasteiger partial charge in [0.2, 0.25) is 0 Å². The maximum absolute atomic E-state index is 10.3. The highest BCUT2D eigenvalue weighted by molar-refractivity contribution is 5.28. The Morgan fingerprint density at radius 2 is 1.86 bits per heavy atom. The third-order valence-corrected chi connectivity index (χ3v) is 3.79. The lowest BCUT2D eigenvalue weighted by atomic mass is 10.1. The van der Waals surface area contributed by atoms with Gasteiger partial charge in [-0.15, -0.1) is 0 Å². The Labute approximate surface area is 127 Å². The van der Waals surface area contributed by atoms with E-state index in [0.29, 0.717) is 6.61 Å². The van der Waals surface area contributed by atoms with Gasteiger partial charge in [0.25, 0.3) is 0 Å². The van der Waals surface area contributed by atoms with Crippen molar-refractivity contribution in [1.82, 2.24) is 4.90 Å². The van der Waals surface area contributed by atoms with Gasteiger partial charge in [-0.1, -0.05) is 12.1 Å². The molecule has 1 aromatic rings. The summed E-state index contributed by atoms with van der Waals surface area (Å²) in [5.41, 5.74) is 0.952. The molecule has 0 aliphatic carbocycles. The number of hydrogen-bond donors (Lipinski definition) is 1. The summed E-state index contributed by atoms with van der Waals surface area (Å²) >= 11 is 0. The zero-order valence-electron chi connectivity index (χ0n) is 13.3. The van der Waals surface area contributed by atoms with Crippen LogP contribution in [0.4, 0.5) is 0 Å². The second-order valence-corrected chi connectivity index (χ2v) is 5.82. The summed E-state index contributed by atoms with van der Waals surface area (Å²) < 4.78 is 11.1. The van der Waals surface area contributed by atoms with E-state index in [0.717, 1.165) is 37.4 Å². The Hall–Kier alpha value is -1.10. The highest BCUT2D eigenvalue weighted by atomic mass is 16.5. The predicted molar refractivity (Wildman–Crippen MR) is 83.6 cm³/mol. The first-order valence-corrected chi connectivity index (χ1v) is 7.87. The fourth-order valence-electron chi connectivity index (χ4n) is 2.89. The van der Waals surface area contributed by atoms with Crippen LogP contribution in [0.25, 0.3) is 0 Å². The molecule has 3 atom stereocenters. The zero-order chi connectivity index (χ0) is 15.2. The summed E-state index contributed by atoms with van der Waals surface area (Å²) in [7, 11) is 0. The number of hydrogen-bond acceptors (Lipinski definition) is 4. The maximum atomic E-state index is 10.3. The minimum Gasteiger partial charge on any atom is -0.494 e. The first-order chi connectivity index (χ1) is 10.1. The molecule has 1 fully saturated rings. The Kier molecular flexibility index (Phi) is 6.03. The molecular formula is C17H27NO3. The molecule has 2 rings (SSSR count). The van der Waals surface area contributed by atoms with Crippen LogP contribution < -0.4 is 4.74 Å². The Balaban J connectivity index is 1.82. The molecular weight excluding hydrogens is 266 g/mol. The van der Waals surface area contributed by atoms with Gasteiger partial charge in [-0.3, -0.25) is 4.90 Å². The second-order valence-electron chi connectivity index (χ2n) is 5.82. The topological polar surface area (TPSA) is 41.9 Å². The molecule has 1 aliphatic rings. The Morgan fingerprint density at radius 3 is 2.43 bits per heavy atom. The van der Waals surface area contributed by atoms with Gasteiger partial charge in [0.1, 0.15) is 5.75 Å². The van der Waals surface area contributed by atoms with Gasteiger partial charge in [0.15, 0.2) is 0 Å². The minimum absolute atomic E-state index is 0.274. The molecule has 3 unspecified atom stereocenters.